The summed E-state index contributed by atoms with van der Waals surface area (Å²) in [7, 11) is 1.63. The first kappa shape index (κ1) is 18.6. The van der Waals surface area contributed by atoms with Crippen LogP contribution in [0.4, 0.5) is 5.69 Å². The molecule has 3 aromatic heterocycles. The molecular formula is C20H23N5O2S. The first-order valence-corrected chi connectivity index (χ1v) is 10.1. The van der Waals surface area contributed by atoms with Crippen molar-refractivity contribution in [2.24, 2.45) is 13.0 Å². The Morgan fingerprint density at radius 2 is 2.21 bits per heavy atom. The van der Waals surface area contributed by atoms with Gasteiger partial charge < -0.3 is 10.1 Å². The monoisotopic (exact) mass is 397 g/mol. The van der Waals surface area contributed by atoms with Crippen LogP contribution in [0.15, 0.2) is 35.3 Å². The Labute approximate surface area is 167 Å². The van der Waals surface area contributed by atoms with Crippen molar-refractivity contribution in [3.63, 3.8) is 0 Å². The van der Waals surface area contributed by atoms with Gasteiger partial charge in [0, 0.05) is 47.4 Å². The average Bonchev–Trinajstić information content (AvgIpc) is 3.34. The van der Waals surface area contributed by atoms with E-state index in [0.717, 1.165) is 27.7 Å². The van der Waals surface area contributed by atoms with Gasteiger partial charge in [-0.05, 0) is 32.4 Å². The number of thiazole rings is 1. The fourth-order valence-corrected chi connectivity index (χ4v) is 3.92. The summed E-state index contributed by atoms with van der Waals surface area (Å²) < 4.78 is 7.20. The quantitative estimate of drug-likeness (QED) is 0.660. The van der Waals surface area contributed by atoms with E-state index in [-0.39, 0.29) is 5.56 Å². The molecule has 2 unspecified atom stereocenters. The van der Waals surface area contributed by atoms with Crippen LogP contribution >= 0.6 is 11.3 Å². The second-order valence-corrected chi connectivity index (χ2v) is 8.48. The average molecular weight is 398 g/mol. The van der Waals surface area contributed by atoms with Crippen molar-refractivity contribution in [3.8, 4) is 5.88 Å². The minimum atomic E-state index is -0.186. The van der Waals surface area contributed by atoms with Crippen LogP contribution in [0.1, 0.15) is 33.6 Å². The van der Waals surface area contributed by atoms with Crippen LogP contribution < -0.4 is 15.6 Å². The minimum absolute atomic E-state index is 0.186. The maximum absolute atomic E-state index is 12.3. The van der Waals surface area contributed by atoms with Crippen LogP contribution in [0.25, 0.3) is 0 Å². The third-order valence-electron chi connectivity index (χ3n) is 4.80. The highest BCUT2D eigenvalue weighted by atomic mass is 32.1. The van der Waals surface area contributed by atoms with E-state index in [1.54, 1.807) is 24.5 Å². The van der Waals surface area contributed by atoms with Crippen LogP contribution in [0.5, 0.6) is 5.88 Å². The number of nitrogens with zero attached hydrogens (tertiary/aromatic N) is 4. The molecule has 0 spiro atoms. The van der Waals surface area contributed by atoms with Crippen molar-refractivity contribution in [2.45, 2.75) is 32.7 Å². The van der Waals surface area contributed by atoms with Gasteiger partial charge >= 0.3 is 0 Å². The summed E-state index contributed by atoms with van der Waals surface area (Å²) in [5.74, 6) is 1.32. The van der Waals surface area contributed by atoms with E-state index < -0.39 is 0 Å². The summed E-state index contributed by atoms with van der Waals surface area (Å²) in [6.45, 7) is 5.08. The Kier molecular flexibility index (Phi) is 5.13. The molecule has 1 aliphatic rings. The van der Waals surface area contributed by atoms with Crippen molar-refractivity contribution in [3.05, 3.63) is 62.1 Å². The van der Waals surface area contributed by atoms with E-state index >= 15 is 0 Å². The number of aryl methyl sites for hydroxylation is 3. The van der Waals surface area contributed by atoms with Crippen LogP contribution in [-0.4, -0.2) is 26.4 Å². The number of pyridine rings is 1. The van der Waals surface area contributed by atoms with Crippen molar-refractivity contribution < 1.29 is 4.74 Å². The predicted octanol–water partition coefficient (Wildman–Crippen LogP) is 3.04. The van der Waals surface area contributed by atoms with Gasteiger partial charge in [0.25, 0.3) is 5.56 Å². The molecule has 1 aliphatic carbocycles. The highest BCUT2D eigenvalue weighted by molar-refractivity contribution is 7.11. The number of anilines is 1. The van der Waals surface area contributed by atoms with Crippen LogP contribution in [0.2, 0.25) is 0 Å². The fourth-order valence-electron chi connectivity index (χ4n) is 3.19. The van der Waals surface area contributed by atoms with Gasteiger partial charge in [-0.2, -0.15) is 0 Å². The van der Waals surface area contributed by atoms with E-state index in [1.165, 1.54) is 4.68 Å². The van der Waals surface area contributed by atoms with Gasteiger partial charge in [-0.1, -0.05) is 6.07 Å². The maximum Gasteiger partial charge on any atom is 0.290 e. The summed E-state index contributed by atoms with van der Waals surface area (Å²) in [6, 6.07) is 7.80. The molecule has 0 aliphatic heterocycles. The van der Waals surface area contributed by atoms with Gasteiger partial charge in [-0.25, -0.2) is 9.67 Å². The molecule has 1 saturated carbocycles. The lowest BCUT2D eigenvalue weighted by Crippen LogP contribution is -2.24. The number of nitrogens with one attached hydrogen (secondary N) is 1. The Balaban J connectivity index is 1.38. The van der Waals surface area contributed by atoms with E-state index in [9.17, 15) is 4.79 Å². The van der Waals surface area contributed by atoms with Crippen LogP contribution in [-0.2, 0) is 13.6 Å². The zero-order chi connectivity index (χ0) is 19.7. The Morgan fingerprint density at radius 1 is 1.36 bits per heavy atom. The fraction of sp³-hybridized carbons (Fsp3) is 0.400. The molecule has 1 N–H and O–H groups in total. The zero-order valence-corrected chi connectivity index (χ0v) is 17.0. The molecule has 0 amide bonds. The standard InChI is InChI=1S/C20H23N5O2S/c1-12-5-4-6-16(23-12)15-7-14(15)11-27-18-8-17(20(26)25(3)24-18)21-10-19-22-9-13(2)28-19/h4-6,8-9,14-15,21H,7,10-11H2,1-3H3. The molecule has 0 saturated heterocycles. The molecule has 0 aromatic carbocycles. The van der Waals surface area contributed by atoms with E-state index in [0.29, 0.717) is 36.6 Å². The third-order valence-corrected chi connectivity index (χ3v) is 5.71. The Bertz CT molecular complexity index is 1050. The SMILES string of the molecule is Cc1cccc(C2CC2COc2cc(NCc3ncc(C)s3)c(=O)n(C)n2)n1. The molecule has 2 atom stereocenters. The van der Waals surface area contributed by atoms with E-state index in [2.05, 4.69) is 26.4 Å². The van der Waals surface area contributed by atoms with Crippen molar-refractivity contribution >= 4 is 17.0 Å². The lowest BCUT2D eigenvalue weighted by atomic mass is 10.2. The van der Waals surface area contributed by atoms with Crippen molar-refractivity contribution in [2.75, 3.05) is 11.9 Å². The lowest BCUT2D eigenvalue weighted by Gasteiger charge is -2.10. The van der Waals surface area contributed by atoms with Gasteiger partial charge in [0.1, 0.15) is 10.7 Å². The number of hydrogen-bond acceptors (Lipinski definition) is 7. The topological polar surface area (TPSA) is 81.9 Å². The van der Waals surface area contributed by atoms with Crippen LogP contribution in [0.3, 0.4) is 0 Å². The zero-order valence-electron chi connectivity index (χ0n) is 16.2. The normalized spacial score (nSPS) is 18.1. The van der Waals surface area contributed by atoms with Gasteiger partial charge in [-0.3, -0.25) is 9.78 Å². The van der Waals surface area contributed by atoms with E-state index in [4.69, 9.17) is 4.74 Å². The third kappa shape index (κ3) is 4.22. The molecule has 0 bridgehead atoms. The summed E-state index contributed by atoms with van der Waals surface area (Å²) in [4.78, 5) is 22.4. The first-order valence-electron chi connectivity index (χ1n) is 9.29. The number of aromatic nitrogens is 4. The predicted molar refractivity (Wildman–Crippen MR) is 109 cm³/mol. The van der Waals surface area contributed by atoms with Gasteiger partial charge in [0.2, 0.25) is 5.88 Å². The molecule has 28 heavy (non-hydrogen) atoms. The van der Waals surface area contributed by atoms with Gasteiger partial charge in [0.15, 0.2) is 0 Å². The molecule has 0 radical (unpaired) electrons. The molecule has 4 rings (SSSR count). The second kappa shape index (κ2) is 7.71. The summed E-state index contributed by atoms with van der Waals surface area (Å²) in [6.07, 6.45) is 2.90. The molecule has 3 aromatic rings. The van der Waals surface area contributed by atoms with Gasteiger partial charge in [0.05, 0.1) is 13.2 Å². The van der Waals surface area contributed by atoms with Gasteiger partial charge in [-0.15, -0.1) is 16.4 Å². The molecule has 146 valence electrons. The highest BCUT2D eigenvalue weighted by Crippen LogP contribution is 2.46. The highest BCUT2D eigenvalue weighted by Gasteiger charge is 2.40. The molecule has 7 nitrogen and oxygen atoms in total. The maximum atomic E-state index is 12.3. The van der Waals surface area contributed by atoms with Crippen molar-refractivity contribution in [1.29, 1.82) is 0 Å². The smallest absolute Gasteiger partial charge is 0.290 e. The van der Waals surface area contributed by atoms with E-state index in [1.807, 2.05) is 32.2 Å². The largest absolute Gasteiger partial charge is 0.476 e. The number of rotatable bonds is 7. The first-order chi connectivity index (χ1) is 13.5. The van der Waals surface area contributed by atoms with Crippen LogP contribution in [0, 0.1) is 19.8 Å². The molecular weight excluding hydrogens is 374 g/mol. The summed E-state index contributed by atoms with van der Waals surface area (Å²) in [5, 5.41) is 8.31. The molecule has 3 heterocycles. The summed E-state index contributed by atoms with van der Waals surface area (Å²) >= 11 is 1.61. The minimum Gasteiger partial charge on any atom is -0.476 e. The Hall–Kier alpha value is -2.74. The molecule has 8 heteroatoms. The lowest BCUT2D eigenvalue weighted by molar-refractivity contribution is 0.278. The summed E-state index contributed by atoms with van der Waals surface area (Å²) in [5.41, 5.74) is 2.44. The Morgan fingerprint density at radius 3 is 2.96 bits per heavy atom. The second-order valence-electron chi connectivity index (χ2n) is 7.16. The molecule has 1 fully saturated rings. The number of ether oxygens (including phenoxy) is 1. The van der Waals surface area contributed by atoms with Crippen molar-refractivity contribution in [1.82, 2.24) is 19.7 Å². The number of hydrogen-bond donors (Lipinski definition) is 1.